The Morgan fingerprint density at radius 2 is 2.18 bits per heavy atom. The largest absolute Gasteiger partial charge is 0.480 e. The van der Waals surface area contributed by atoms with Crippen LogP contribution in [0.5, 0.6) is 0 Å². The van der Waals surface area contributed by atoms with Gasteiger partial charge < -0.3 is 14.6 Å². The summed E-state index contributed by atoms with van der Waals surface area (Å²) >= 11 is 6.19. The number of halogens is 1. The first-order valence-electron chi connectivity index (χ1n) is 6.64. The fraction of sp³-hybridized carbons (Fsp3) is 0.250. The molecule has 0 amide bonds. The number of hydrogen-bond acceptors (Lipinski definition) is 5. The van der Waals surface area contributed by atoms with E-state index in [2.05, 4.69) is 0 Å². The third kappa shape index (κ3) is 2.78. The summed E-state index contributed by atoms with van der Waals surface area (Å²) in [6.07, 6.45) is 0. The van der Waals surface area contributed by atoms with Crippen molar-refractivity contribution in [3.05, 3.63) is 57.7 Å². The minimum absolute atomic E-state index is 0.0817. The lowest BCUT2D eigenvalue weighted by Crippen LogP contribution is -2.23. The monoisotopic (exact) mass is 319 g/mol. The molecule has 0 spiro atoms. The molecule has 1 aliphatic heterocycles. The highest BCUT2D eigenvalue weighted by Gasteiger charge is 2.37. The van der Waals surface area contributed by atoms with Crippen LogP contribution in [0.3, 0.4) is 0 Å². The molecule has 1 aromatic rings. The average molecular weight is 320 g/mol. The molecular weight excluding hydrogens is 306 g/mol. The predicted molar refractivity (Wildman–Crippen MR) is 79.9 cm³/mol. The SMILES string of the molecule is CCOC(=O)C1=C(C)OC(O)=C(C#N)C1c1ccccc1Cl. The number of aliphatic hydroxyl groups is 1. The van der Waals surface area contributed by atoms with Crippen molar-refractivity contribution in [1.29, 1.82) is 5.26 Å². The van der Waals surface area contributed by atoms with Crippen LogP contribution in [0.25, 0.3) is 0 Å². The van der Waals surface area contributed by atoms with E-state index in [1.165, 1.54) is 6.92 Å². The molecule has 114 valence electrons. The van der Waals surface area contributed by atoms with E-state index in [1.807, 2.05) is 6.07 Å². The third-order valence-corrected chi connectivity index (χ3v) is 3.61. The van der Waals surface area contributed by atoms with E-state index < -0.39 is 17.8 Å². The van der Waals surface area contributed by atoms with Gasteiger partial charge in [0.1, 0.15) is 17.4 Å². The number of carbonyl (C=O) groups excluding carboxylic acids is 1. The van der Waals surface area contributed by atoms with Crippen molar-refractivity contribution in [2.24, 2.45) is 0 Å². The zero-order valence-corrected chi connectivity index (χ0v) is 12.8. The summed E-state index contributed by atoms with van der Waals surface area (Å²) in [5.74, 6) is -1.78. The summed E-state index contributed by atoms with van der Waals surface area (Å²) < 4.78 is 10.1. The van der Waals surface area contributed by atoms with Crippen LogP contribution in [0.1, 0.15) is 25.3 Å². The van der Waals surface area contributed by atoms with Gasteiger partial charge in [-0.15, -0.1) is 0 Å². The van der Waals surface area contributed by atoms with Crippen molar-refractivity contribution in [3.8, 4) is 6.07 Å². The summed E-state index contributed by atoms with van der Waals surface area (Å²) in [5, 5.41) is 19.6. The first-order valence-corrected chi connectivity index (χ1v) is 7.02. The first kappa shape index (κ1) is 15.9. The van der Waals surface area contributed by atoms with E-state index >= 15 is 0 Å². The maximum atomic E-state index is 12.3. The summed E-state index contributed by atoms with van der Waals surface area (Å²) in [5.41, 5.74) is 0.601. The molecule has 2 rings (SSSR count). The molecule has 6 heteroatoms. The summed E-state index contributed by atoms with van der Waals surface area (Å²) in [6.45, 7) is 3.39. The van der Waals surface area contributed by atoms with E-state index in [0.29, 0.717) is 10.6 Å². The molecular formula is C16H14ClNO4. The second-order valence-corrected chi connectivity index (χ2v) is 4.98. The number of aliphatic hydroxyl groups excluding tert-OH is 1. The van der Waals surface area contributed by atoms with Gasteiger partial charge in [-0.1, -0.05) is 29.8 Å². The highest BCUT2D eigenvalue weighted by atomic mass is 35.5. The second-order valence-electron chi connectivity index (χ2n) is 4.58. The van der Waals surface area contributed by atoms with Crippen LogP contribution in [-0.2, 0) is 14.3 Å². The summed E-state index contributed by atoms with van der Waals surface area (Å²) in [7, 11) is 0. The number of allylic oxidation sites excluding steroid dienone is 2. The fourth-order valence-corrected chi connectivity index (χ4v) is 2.57. The Bertz CT molecular complexity index is 715. The molecule has 0 aromatic heterocycles. The van der Waals surface area contributed by atoms with Gasteiger partial charge in [0.2, 0.25) is 0 Å². The van der Waals surface area contributed by atoms with Gasteiger partial charge in [0.05, 0.1) is 18.1 Å². The Kier molecular flexibility index (Phi) is 4.74. The van der Waals surface area contributed by atoms with Crippen molar-refractivity contribution >= 4 is 17.6 Å². The van der Waals surface area contributed by atoms with Gasteiger partial charge in [-0.05, 0) is 25.5 Å². The Morgan fingerprint density at radius 1 is 1.50 bits per heavy atom. The van der Waals surface area contributed by atoms with Gasteiger partial charge in [0, 0.05) is 5.02 Å². The first-order chi connectivity index (χ1) is 10.5. The lowest BCUT2D eigenvalue weighted by molar-refractivity contribution is -0.139. The standard InChI is InChI=1S/C16H14ClNO4/c1-3-21-16(20)13-9(2)22-15(19)11(8-18)14(13)10-6-4-5-7-12(10)17/h4-7,14,19H,3H2,1-2H3. The molecule has 22 heavy (non-hydrogen) atoms. The Balaban J connectivity index is 2.65. The predicted octanol–water partition coefficient (Wildman–Crippen LogP) is 3.58. The number of benzene rings is 1. The maximum Gasteiger partial charge on any atom is 0.338 e. The van der Waals surface area contributed by atoms with Crippen molar-refractivity contribution < 1.29 is 19.4 Å². The van der Waals surface area contributed by atoms with E-state index in [1.54, 1.807) is 31.2 Å². The number of nitriles is 1. The molecule has 0 aliphatic carbocycles. The van der Waals surface area contributed by atoms with Gasteiger partial charge in [-0.3, -0.25) is 0 Å². The molecule has 1 atom stereocenters. The van der Waals surface area contributed by atoms with Crippen molar-refractivity contribution in [1.82, 2.24) is 0 Å². The molecule has 1 aliphatic rings. The van der Waals surface area contributed by atoms with Crippen LogP contribution in [0.2, 0.25) is 5.02 Å². The highest BCUT2D eigenvalue weighted by molar-refractivity contribution is 6.31. The van der Waals surface area contributed by atoms with E-state index in [4.69, 9.17) is 21.1 Å². The normalized spacial score (nSPS) is 17.8. The number of ether oxygens (including phenoxy) is 2. The van der Waals surface area contributed by atoms with Gasteiger partial charge in [0.15, 0.2) is 0 Å². The fourth-order valence-electron chi connectivity index (χ4n) is 2.33. The Morgan fingerprint density at radius 3 is 2.77 bits per heavy atom. The van der Waals surface area contributed by atoms with Gasteiger partial charge in [-0.25, -0.2) is 4.79 Å². The molecule has 0 saturated heterocycles. The third-order valence-electron chi connectivity index (χ3n) is 3.27. The zero-order valence-electron chi connectivity index (χ0n) is 12.1. The smallest absolute Gasteiger partial charge is 0.338 e. The van der Waals surface area contributed by atoms with E-state index in [9.17, 15) is 15.2 Å². The van der Waals surface area contributed by atoms with Crippen LogP contribution in [0.15, 0.2) is 47.1 Å². The maximum absolute atomic E-state index is 12.3. The van der Waals surface area contributed by atoms with Gasteiger partial charge in [0.25, 0.3) is 5.95 Å². The second kappa shape index (κ2) is 6.54. The number of rotatable bonds is 3. The molecule has 0 saturated carbocycles. The molecule has 1 unspecified atom stereocenters. The molecule has 1 aromatic carbocycles. The van der Waals surface area contributed by atoms with Crippen LogP contribution in [0, 0.1) is 11.3 Å². The minimum atomic E-state index is -0.827. The van der Waals surface area contributed by atoms with Crippen molar-refractivity contribution in [3.63, 3.8) is 0 Å². The van der Waals surface area contributed by atoms with Gasteiger partial charge in [-0.2, -0.15) is 5.26 Å². The number of hydrogen-bond donors (Lipinski definition) is 1. The Hall–Kier alpha value is -2.45. The highest BCUT2D eigenvalue weighted by Crippen LogP contribution is 2.42. The Labute approximate surface area is 133 Å². The van der Waals surface area contributed by atoms with Crippen LogP contribution >= 0.6 is 11.6 Å². The van der Waals surface area contributed by atoms with E-state index in [0.717, 1.165) is 0 Å². The average Bonchev–Trinajstić information content (AvgIpc) is 2.47. The van der Waals surface area contributed by atoms with Crippen LogP contribution in [0.4, 0.5) is 0 Å². The van der Waals surface area contributed by atoms with Crippen molar-refractivity contribution in [2.75, 3.05) is 6.61 Å². The molecule has 1 heterocycles. The summed E-state index contributed by atoms with van der Waals surface area (Å²) in [6, 6.07) is 8.69. The van der Waals surface area contributed by atoms with E-state index in [-0.39, 0.29) is 23.5 Å². The van der Waals surface area contributed by atoms with Crippen LogP contribution in [-0.4, -0.2) is 17.7 Å². The topological polar surface area (TPSA) is 79.6 Å². The van der Waals surface area contributed by atoms with Crippen molar-refractivity contribution in [2.45, 2.75) is 19.8 Å². The molecule has 0 bridgehead atoms. The zero-order chi connectivity index (χ0) is 16.3. The molecule has 5 nitrogen and oxygen atoms in total. The number of carbonyl (C=O) groups is 1. The lowest BCUT2D eigenvalue weighted by atomic mass is 9.83. The molecule has 0 fully saturated rings. The minimum Gasteiger partial charge on any atom is -0.480 e. The van der Waals surface area contributed by atoms with Gasteiger partial charge >= 0.3 is 5.97 Å². The number of esters is 1. The molecule has 0 radical (unpaired) electrons. The summed E-state index contributed by atoms with van der Waals surface area (Å²) in [4.78, 5) is 12.3. The number of nitrogens with zero attached hydrogens (tertiary/aromatic N) is 1. The van der Waals surface area contributed by atoms with Crippen LogP contribution < -0.4 is 0 Å². The quantitative estimate of drug-likeness (QED) is 0.861. The lowest BCUT2D eigenvalue weighted by Gasteiger charge is -2.26. The molecule has 1 N–H and O–H groups in total.